The Hall–Kier alpha value is 0.370. The lowest BCUT2D eigenvalue weighted by Gasteiger charge is -2.21. The van der Waals surface area contributed by atoms with Crippen LogP contribution in [0.5, 0.6) is 0 Å². The molecule has 0 aliphatic heterocycles. The Morgan fingerprint density at radius 3 is 2.92 bits per heavy atom. The maximum atomic E-state index is 8.70. The minimum Gasteiger partial charge on any atom is -0.198 e. The zero-order valence-corrected chi connectivity index (χ0v) is 11.1. The number of thiol groups is 1. The zero-order chi connectivity index (χ0) is 9.90. The number of hydrogen-bond donors (Lipinski definition) is 1. The second kappa shape index (κ2) is 4.74. The number of hydrogen-bond acceptors (Lipinski definition) is 4. The van der Waals surface area contributed by atoms with Crippen molar-refractivity contribution in [2.45, 2.75) is 18.1 Å². The van der Waals surface area contributed by atoms with Gasteiger partial charge in [-0.25, -0.2) is 0 Å². The first kappa shape index (κ1) is 11.4. The Morgan fingerprint density at radius 2 is 2.54 bits per heavy atom. The van der Waals surface area contributed by atoms with E-state index in [0.717, 1.165) is 4.47 Å². The lowest BCUT2D eigenvalue weighted by atomic mass is 10.1. The van der Waals surface area contributed by atoms with Crippen molar-refractivity contribution in [3.05, 3.63) is 20.8 Å². The molecule has 0 radical (unpaired) electrons. The van der Waals surface area contributed by atoms with Crippen LogP contribution in [0.2, 0.25) is 0 Å². The summed E-state index contributed by atoms with van der Waals surface area (Å²) in [6.45, 7) is 2.03. The van der Waals surface area contributed by atoms with Gasteiger partial charge < -0.3 is 0 Å². The van der Waals surface area contributed by atoms with Crippen molar-refractivity contribution >= 4 is 49.7 Å². The molecule has 13 heavy (non-hydrogen) atoms. The largest absolute Gasteiger partial charge is 0.198 e. The average Bonchev–Trinajstić information content (AvgIpc) is 2.52. The summed E-state index contributed by atoms with van der Waals surface area (Å²) >= 11 is 9.26. The molecule has 0 N–H and O–H groups in total. The van der Waals surface area contributed by atoms with Crippen molar-refractivity contribution in [1.82, 2.24) is 0 Å². The Kier molecular flexibility index (Phi) is 4.17. The predicted molar refractivity (Wildman–Crippen MR) is 66.2 cm³/mol. The highest BCUT2D eigenvalue weighted by atomic mass is 79.9. The van der Waals surface area contributed by atoms with Crippen LogP contribution >= 0.6 is 49.7 Å². The quantitative estimate of drug-likeness (QED) is 0.666. The fourth-order valence-electron chi connectivity index (χ4n) is 0.906. The van der Waals surface area contributed by atoms with Gasteiger partial charge in [0.15, 0.2) is 0 Å². The molecule has 1 unspecified atom stereocenters. The summed E-state index contributed by atoms with van der Waals surface area (Å²) in [7, 11) is 1.42. The van der Waals surface area contributed by atoms with E-state index in [1.165, 1.54) is 15.7 Å². The standard InChI is InChI=1S/C8H8BrNS3/c1-8(13-11,2-3-10)7-4-6(9)5-12-7/h4-5,11H,2H2,1H3. The van der Waals surface area contributed by atoms with Crippen LogP contribution in [0.4, 0.5) is 0 Å². The molecule has 1 atom stereocenters. The third-order valence-corrected chi connectivity index (χ3v) is 5.77. The molecule has 5 heteroatoms. The van der Waals surface area contributed by atoms with Crippen LogP contribution in [0.1, 0.15) is 18.2 Å². The molecule has 0 saturated carbocycles. The molecule has 1 aromatic heterocycles. The van der Waals surface area contributed by atoms with Crippen LogP contribution in [0.3, 0.4) is 0 Å². The minimum absolute atomic E-state index is 0.186. The summed E-state index contributed by atoms with van der Waals surface area (Å²) in [5.74, 6) is 0. The predicted octanol–water partition coefficient (Wildman–Crippen LogP) is 4.22. The molecule has 0 aliphatic carbocycles. The Labute approximate surface area is 99.5 Å². The fraction of sp³-hybridized carbons (Fsp3) is 0.375. The molecular formula is C8H8BrNS3. The summed E-state index contributed by atoms with van der Waals surface area (Å²) in [4.78, 5) is 1.18. The molecule has 0 fully saturated rings. The van der Waals surface area contributed by atoms with Gasteiger partial charge in [0.1, 0.15) is 0 Å². The molecule has 1 rings (SSSR count). The van der Waals surface area contributed by atoms with Gasteiger partial charge in [0, 0.05) is 14.7 Å². The van der Waals surface area contributed by atoms with Crippen LogP contribution in [-0.4, -0.2) is 0 Å². The molecule has 1 heterocycles. The second-order valence-corrected chi connectivity index (χ2v) is 6.24. The molecule has 0 spiro atoms. The topological polar surface area (TPSA) is 23.8 Å². The summed E-state index contributed by atoms with van der Waals surface area (Å²) in [5.41, 5.74) is 0. The van der Waals surface area contributed by atoms with E-state index in [4.69, 9.17) is 5.26 Å². The monoisotopic (exact) mass is 293 g/mol. The summed E-state index contributed by atoms with van der Waals surface area (Å²) < 4.78 is 0.883. The Balaban J connectivity index is 2.96. The van der Waals surface area contributed by atoms with Crippen LogP contribution in [0.25, 0.3) is 0 Å². The molecular weight excluding hydrogens is 286 g/mol. The van der Waals surface area contributed by atoms with Crippen molar-refractivity contribution in [1.29, 1.82) is 5.26 Å². The van der Waals surface area contributed by atoms with Crippen molar-refractivity contribution in [3.63, 3.8) is 0 Å². The van der Waals surface area contributed by atoms with E-state index in [-0.39, 0.29) is 4.75 Å². The van der Waals surface area contributed by atoms with E-state index >= 15 is 0 Å². The normalized spacial score (nSPS) is 14.9. The number of rotatable bonds is 3. The van der Waals surface area contributed by atoms with Gasteiger partial charge in [0.05, 0.1) is 17.2 Å². The SMILES string of the molecule is CC(CC#N)(SS)c1cc(Br)cs1. The maximum Gasteiger partial charge on any atom is 0.0704 e. The molecule has 1 aromatic rings. The summed E-state index contributed by atoms with van der Waals surface area (Å²) in [5, 5.41) is 10.7. The van der Waals surface area contributed by atoms with E-state index in [1.54, 1.807) is 11.3 Å². The van der Waals surface area contributed by atoms with Gasteiger partial charge in [-0.3, -0.25) is 0 Å². The van der Waals surface area contributed by atoms with E-state index < -0.39 is 0 Å². The van der Waals surface area contributed by atoms with Crippen LogP contribution in [-0.2, 0) is 4.75 Å². The van der Waals surface area contributed by atoms with Crippen molar-refractivity contribution in [3.8, 4) is 6.07 Å². The number of nitrogens with zero attached hydrogens (tertiary/aromatic N) is 1. The lowest BCUT2D eigenvalue weighted by Crippen LogP contribution is -2.12. The highest BCUT2D eigenvalue weighted by Crippen LogP contribution is 2.44. The van der Waals surface area contributed by atoms with Gasteiger partial charge in [0.2, 0.25) is 0 Å². The number of nitriles is 1. The molecule has 0 aromatic carbocycles. The number of thiophene rings is 1. The average molecular weight is 294 g/mol. The first-order valence-electron chi connectivity index (χ1n) is 3.56. The van der Waals surface area contributed by atoms with Gasteiger partial charge in [-0.1, -0.05) is 10.8 Å². The van der Waals surface area contributed by atoms with E-state index in [9.17, 15) is 0 Å². The summed E-state index contributed by atoms with van der Waals surface area (Å²) in [6.07, 6.45) is 0.480. The lowest BCUT2D eigenvalue weighted by molar-refractivity contribution is 0.735. The van der Waals surface area contributed by atoms with Gasteiger partial charge in [-0.05, 0) is 28.9 Å². The Bertz CT molecular complexity index is 330. The molecule has 0 aliphatic rings. The fourth-order valence-corrected chi connectivity index (χ4v) is 3.61. The zero-order valence-electron chi connectivity index (χ0n) is 6.95. The first-order chi connectivity index (χ1) is 6.12. The second-order valence-electron chi connectivity index (χ2n) is 2.79. The smallest absolute Gasteiger partial charge is 0.0704 e. The highest BCUT2D eigenvalue weighted by molar-refractivity contribution is 9.10. The first-order valence-corrected chi connectivity index (χ1v) is 7.10. The third kappa shape index (κ3) is 2.66. The molecule has 0 amide bonds. The van der Waals surface area contributed by atoms with Crippen LogP contribution in [0, 0.1) is 11.3 Å². The van der Waals surface area contributed by atoms with Gasteiger partial charge >= 0.3 is 0 Å². The van der Waals surface area contributed by atoms with Gasteiger partial charge in [-0.15, -0.1) is 23.0 Å². The third-order valence-electron chi connectivity index (χ3n) is 1.71. The van der Waals surface area contributed by atoms with E-state index in [2.05, 4.69) is 33.7 Å². The van der Waals surface area contributed by atoms with Crippen LogP contribution < -0.4 is 0 Å². The van der Waals surface area contributed by atoms with Gasteiger partial charge in [-0.2, -0.15) is 5.26 Å². The molecule has 1 nitrogen and oxygen atoms in total. The van der Waals surface area contributed by atoms with Crippen LogP contribution in [0.15, 0.2) is 15.9 Å². The van der Waals surface area contributed by atoms with Crippen molar-refractivity contribution < 1.29 is 0 Å². The van der Waals surface area contributed by atoms with E-state index in [1.807, 2.05) is 18.4 Å². The maximum absolute atomic E-state index is 8.70. The van der Waals surface area contributed by atoms with E-state index in [0.29, 0.717) is 6.42 Å². The van der Waals surface area contributed by atoms with Gasteiger partial charge in [0.25, 0.3) is 0 Å². The number of halogens is 1. The summed E-state index contributed by atoms with van der Waals surface area (Å²) in [6, 6.07) is 4.24. The Morgan fingerprint density at radius 1 is 1.85 bits per heavy atom. The molecule has 0 bridgehead atoms. The molecule has 0 saturated heterocycles. The van der Waals surface area contributed by atoms with Crippen molar-refractivity contribution in [2.75, 3.05) is 0 Å². The molecule has 70 valence electrons. The minimum atomic E-state index is -0.186. The highest BCUT2D eigenvalue weighted by Gasteiger charge is 2.27. The van der Waals surface area contributed by atoms with Crippen molar-refractivity contribution in [2.24, 2.45) is 0 Å².